The Morgan fingerprint density at radius 3 is 2.13 bits per heavy atom. The maximum absolute atomic E-state index is 14.1. The van der Waals surface area contributed by atoms with Gasteiger partial charge >= 0.3 is 0 Å². The van der Waals surface area contributed by atoms with Gasteiger partial charge in [0.2, 0.25) is 11.8 Å². The number of sulfonamides is 1. The smallest absolute Gasteiger partial charge is 0.264 e. The Hall–Kier alpha value is -3.36. The zero-order chi connectivity index (χ0) is 28.6. The van der Waals surface area contributed by atoms with Crippen LogP contribution < -0.4 is 9.62 Å². The number of carbonyl (C=O) groups excluding carboxylic acids is 2. The van der Waals surface area contributed by atoms with E-state index in [0.717, 1.165) is 16.3 Å². The topological polar surface area (TPSA) is 86.8 Å². The summed E-state index contributed by atoms with van der Waals surface area (Å²) in [7, 11) is -4.14. The number of halogens is 1. The maximum Gasteiger partial charge on any atom is 0.264 e. The Bertz CT molecular complexity index is 1370. The summed E-state index contributed by atoms with van der Waals surface area (Å²) in [4.78, 5) is 28.9. The van der Waals surface area contributed by atoms with Crippen LogP contribution >= 0.6 is 11.6 Å². The summed E-state index contributed by atoms with van der Waals surface area (Å²) in [5, 5.41) is 3.32. The summed E-state index contributed by atoms with van der Waals surface area (Å²) >= 11 is 6.27. The van der Waals surface area contributed by atoms with Crippen LogP contribution in [-0.4, -0.2) is 43.8 Å². The molecular weight excluding hydrogens is 534 g/mol. The molecule has 208 valence electrons. The second-order valence-corrected chi connectivity index (χ2v) is 11.8. The van der Waals surface area contributed by atoms with Crippen molar-refractivity contribution >= 4 is 39.1 Å². The van der Waals surface area contributed by atoms with Crippen LogP contribution in [0.2, 0.25) is 5.02 Å². The highest BCUT2D eigenvalue weighted by atomic mass is 35.5. The minimum absolute atomic E-state index is 0.0494. The molecule has 3 rings (SSSR count). The first-order valence-electron chi connectivity index (χ1n) is 13.1. The molecule has 3 aromatic rings. The van der Waals surface area contributed by atoms with Gasteiger partial charge in [0, 0.05) is 17.6 Å². The fourth-order valence-corrected chi connectivity index (χ4v) is 5.88. The summed E-state index contributed by atoms with van der Waals surface area (Å²) in [5.41, 5.74) is 1.77. The third-order valence-corrected chi connectivity index (χ3v) is 8.64. The van der Waals surface area contributed by atoms with Gasteiger partial charge in [0.05, 0.1) is 10.6 Å². The molecule has 0 aliphatic carbocycles. The average Bonchev–Trinajstić information content (AvgIpc) is 2.93. The lowest BCUT2D eigenvalue weighted by molar-refractivity contribution is -0.140. The van der Waals surface area contributed by atoms with Gasteiger partial charge in [-0.15, -0.1) is 0 Å². The maximum atomic E-state index is 14.1. The van der Waals surface area contributed by atoms with Crippen LogP contribution in [0.4, 0.5) is 5.69 Å². The Morgan fingerprint density at radius 2 is 1.54 bits per heavy atom. The number of hydrogen-bond acceptors (Lipinski definition) is 4. The molecule has 3 aromatic carbocycles. The zero-order valence-corrected chi connectivity index (χ0v) is 24.4. The molecule has 0 aliphatic rings. The number of carbonyl (C=O) groups is 2. The first kappa shape index (κ1) is 30.2. The predicted octanol–water partition coefficient (Wildman–Crippen LogP) is 5.57. The quantitative estimate of drug-likeness (QED) is 0.309. The van der Waals surface area contributed by atoms with Gasteiger partial charge in [0.1, 0.15) is 12.6 Å². The van der Waals surface area contributed by atoms with Gasteiger partial charge in [0.25, 0.3) is 10.0 Å². The van der Waals surface area contributed by atoms with Crippen molar-refractivity contribution in [2.75, 3.05) is 10.8 Å². The number of hydrogen-bond donors (Lipinski definition) is 1. The van der Waals surface area contributed by atoms with Crippen LogP contribution in [0.25, 0.3) is 0 Å². The van der Waals surface area contributed by atoms with Crippen molar-refractivity contribution in [3.8, 4) is 0 Å². The van der Waals surface area contributed by atoms with E-state index in [2.05, 4.69) is 5.32 Å². The Kier molecular flexibility index (Phi) is 10.5. The molecule has 0 spiro atoms. The lowest BCUT2D eigenvalue weighted by atomic mass is 10.1. The summed E-state index contributed by atoms with van der Waals surface area (Å²) < 4.78 is 28.9. The summed E-state index contributed by atoms with van der Waals surface area (Å²) in [5.74, 6) is -0.767. The fourth-order valence-electron chi connectivity index (χ4n) is 4.22. The van der Waals surface area contributed by atoms with Crippen molar-refractivity contribution in [3.05, 3.63) is 95.0 Å². The number of anilines is 1. The van der Waals surface area contributed by atoms with Crippen LogP contribution in [0, 0.1) is 6.92 Å². The van der Waals surface area contributed by atoms with Gasteiger partial charge in [0.15, 0.2) is 0 Å². The highest BCUT2D eigenvalue weighted by Crippen LogP contribution is 2.30. The molecule has 0 fully saturated rings. The van der Waals surface area contributed by atoms with E-state index in [1.165, 1.54) is 17.0 Å². The van der Waals surface area contributed by atoms with Gasteiger partial charge in [-0.25, -0.2) is 8.42 Å². The molecule has 0 heterocycles. The van der Waals surface area contributed by atoms with E-state index < -0.39 is 28.5 Å². The standard InChI is InChI=1S/C30H36ClN3O4S/c1-5-23(4)32-30(36)27(6-2)33(20-24-13-9-7-10-14-24)29(35)21-34(28-19-25(31)18-17-22(28)3)39(37,38)26-15-11-8-12-16-26/h7-19,23,27H,5-6,20-21H2,1-4H3,(H,32,36)/t23-,27-/m0/s1. The largest absolute Gasteiger partial charge is 0.352 e. The molecule has 0 aromatic heterocycles. The molecule has 0 bridgehead atoms. The number of benzene rings is 3. The van der Waals surface area contributed by atoms with E-state index >= 15 is 0 Å². The number of nitrogens with one attached hydrogen (secondary N) is 1. The first-order chi connectivity index (χ1) is 18.6. The molecule has 9 heteroatoms. The van der Waals surface area contributed by atoms with Crippen molar-refractivity contribution in [2.45, 2.75) is 64.1 Å². The predicted molar refractivity (Wildman–Crippen MR) is 156 cm³/mol. The molecule has 0 saturated heterocycles. The Balaban J connectivity index is 2.07. The molecule has 39 heavy (non-hydrogen) atoms. The van der Waals surface area contributed by atoms with Crippen molar-refractivity contribution in [1.82, 2.24) is 10.2 Å². The number of rotatable bonds is 12. The van der Waals surface area contributed by atoms with Crippen LogP contribution in [0.5, 0.6) is 0 Å². The van der Waals surface area contributed by atoms with Gasteiger partial charge in [-0.05, 0) is 62.1 Å². The highest BCUT2D eigenvalue weighted by molar-refractivity contribution is 7.92. The molecule has 7 nitrogen and oxygen atoms in total. The van der Waals surface area contributed by atoms with Crippen LogP contribution in [0.1, 0.15) is 44.7 Å². The van der Waals surface area contributed by atoms with Gasteiger partial charge < -0.3 is 10.2 Å². The molecule has 0 aliphatic heterocycles. The summed E-state index contributed by atoms with van der Waals surface area (Å²) in [6.45, 7) is 7.13. The van der Waals surface area contributed by atoms with Gasteiger partial charge in [-0.1, -0.05) is 80.0 Å². The van der Waals surface area contributed by atoms with Crippen molar-refractivity contribution < 1.29 is 18.0 Å². The molecule has 2 amide bonds. The minimum Gasteiger partial charge on any atom is -0.352 e. The third kappa shape index (κ3) is 7.61. The molecule has 0 saturated carbocycles. The molecule has 0 unspecified atom stereocenters. The van der Waals surface area contributed by atoms with E-state index in [9.17, 15) is 18.0 Å². The number of aryl methyl sites for hydroxylation is 1. The van der Waals surface area contributed by atoms with Crippen molar-refractivity contribution in [2.24, 2.45) is 0 Å². The van der Waals surface area contributed by atoms with E-state index in [0.29, 0.717) is 22.7 Å². The third-order valence-electron chi connectivity index (χ3n) is 6.63. The van der Waals surface area contributed by atoms with Crippen LogP contribution in [0.15, 0.2) is 83.8 Å². The average molecular weight is 570 g/mol. The van der Waals surface area contributed by atoms with E-state index in [1.807, 2.05) is 51.1 Å². The molecular formula is C30H36ClN3O4S. The van der Waals surface area contributed by atoms with Crippen LogP contribution in [0.3, 0.4) is 0 Å². The molecule has 0 radical (unpaired) electrons. The zero-order valence-electron chi connectivity index (χ0n) is 22.8. The number of nitrogens with zero attached hydrogens (tertiary/aromatic N) is 2. The van der Waals surface area contributed by atoms with Crippen molar-refractivity contribution in [3.63, 3.8) is 0 Å². The molecule has 1 N–H and O–H groups in total. The number of amides is 2. The second kappa shape index (κ2) is 13.6. The second-order valence-electron chi connectivity index (χ2n) is 9.50. The van der Waals surface area contributed by atoms with E-state index in [-0.39, 0.29) is 23.4 Å². The Morgan fingerprint density at radius 1 is 0.923 bits per heavy atom. The fraction of sp³-hybridized carbons (Fsp3) is 0.333. The first-order valence-corrected chi connectivity index (χ1v) is 14.9. The van der Waals surface area contributed by atoms with E-state index in [4.69, 9.17) is 11.6 Å². The normalized spacial score (nSPS) is 12.8. The summed E-state index contributed by atoms with van der Waals surface area (Å²) in [6, 6.07) is 21.4. The van der Waals surface area contributed by atoms with Crippen LogP contribution in [-0.2, 0) is 26.2 Å². The van der Waals surface area contributed by atoms with E-state index in [1.54, 1.807) is 43.3 Å². The monoisotopic (exact) mass is 569 g/mol. The molecule has 2 atom stereocenters. The lowest BCUT2D eigenvalue weighted by Gasteiger charge is -2.34. The summed E-state index contributed by atoms with van der Waals surface area (Å²) in [6.07, 6.45) is 1.11. The lowest BCUT2D eigenvalue weighted by Crippen LogP contribution is -2.53. The highest BCUT2D eigenvalue weighted by Gasteiger charge is 2.34. The van der Waals surface area contributed by atoms with Gasteiger partial charge in [-0.3, -0.25) is 13.9 Å². The Labute approximate surface area is 236 Å². The van der Waals surface area contributed by atoms with Crippen molar-refractivity contribution in [1.29, 1.82) is 0 Å². The SMILES string of the molecule is CC[C@H](C)NC(=O)[C@H](CC)N(Cc1ccccc1)C(=O)CN(c1cc(Cl)ccc1C)S(=O)(=O)c1ccccc1. The minimum atomic E-state index is -4.14. The van der Waals surface area contributed by atoms with Gasteiger partial charge in [-0.2, -0.15) is 0 Å².